The Kier molecular flexibility index (Phi) is 6.73. The fraction of sp³-hybridized carbons (Fsp3) is 0.235. The second-order valence-electron chi connectivity index (χ2n) is 10.4. The Morgan fingerprint density at radius 1 is 0.707 bits per heavy atom. The maximum Gasteiger partial charge on any atom is 0.310 e. The van der Waals surface area contributed by atoms with Crippen LogP contribution in [0.1, 0.15) is 34.1 Å². The van der Waals surface area contributed by atoms with Gasteiger partial charge in [-0.3, -0.25) is 9.59 Å². The molecule has 0 saturated heterocycles. The summed E-state index contributed by atoms with van der Waals surface area (Å²) >= 11 is 0. The molecule has 2 aliphatic carbocycles. The molecule has 2 atom stereocenters. The minimum Gasteiger partial charge on any atom is -0.496 e. The highest BCUT2D eigenvalue weighted by Crippen LogP contribution is 2.61. The fourth-order valence-electron chi connectivity index (χ4n) is 6.70. The molecule has 1 saturated carbocycles. The number of alkyl halides is 1. The zero-order chi connectivity index (χ0) is 28.7. The molecule has 0 spiro atoms. The minimum atomic E-state index is -2.04. The van der Waals surface area contributed by atoms with Gasteiger partial charge in [0.05, 0.1) is 26.1 Å². The third-order valence-electron chi connectivity index (χ3n) is 8.51. The third-order valence-corrected chi connectivity index (χ3v) is 8.51. The number of methoxy groups -OCH3 is 2. The summed E-state index contributed by atoms with van der Waals surface area (Å²) < 4.78 is 33.9. The fourth-order valence-corrected chi connectivity index (χ4v) is 6.70. The van der Waals surface area contributed by atoms with E-state index in [1.165, 1.54) is 14.2 Å². The SMILES string of the molecule is COc1ccccc1[C@H]1C(C(=O)O)[C@H](c2ccccc2OC)C1C(=O)OCC1(F)c2ccccc2-c2ccccc21. The highest BCUT2D eigenvalue weighted by atomic mass is 19.1. The molecule has 6 nitrogen and oxygen atoms in total. The number of carbonyl (C=O) groups excluding carboxylic acids is 1. The third kappa shape index (κ3) is 4.15. The monoisotopic (exact) mass is 552 g/mol. The Labute approximate surface area is 237 Å². The van der Waals surface area contributed by atoms with Crippen molar-refractivity contribution in [2.24, 2.45) is 11.8 Å². The maximum absolute atomic E-state index is 16.9. The van der Waals surface area contributed by atoms with E-state index < -0.39 is 47.9 Å². The molecule has 2 aliphatic rings. The first-order valence-corrected chi connectivity index (χ1v) is 13.4. The predicted octanol–water partition coefficient (Wildman–Crippen LogP) is 6.34. The lowest BCUT2D eigenvalue weighted by Gasteiger charge is -2.49. The van der Waals surface area contributed by atoms with Crippen molar-refractivity contribution in [3.8, 4) is 22.6 Å². The summed E-state index contributed by atoms with van der Waals surface area (Å²) in [6, 6.07) is 28.5. The average molecular weight is 553 g/mol. The summed E-state index contributed by atoms with van der Waals surface area (Å²) in [6.45, 7) is -0.536. The molecule has 0 bridgehead atoms. The van der Waals surface area contributed by atoms with Crippen molar-refractivity contribution in [3.05, 3.63) is 119 Å². The Morgan fingerprint density at radius 3 is 1.61 bits per heavy atom. The van der Waals surface area contributed by atoms with Gasteiger partial charge in [0.1, 0.15) is 18.1 Å². The van der Waals surface area contributed by atoms with Crippen molar-refractivity contribution in [1.82, 2.24) is 0 Å². The first-order chi connectivity index (χ1) is 19.9. The van der Waals surface area contributed by atoms with E-state index in [1.54, 1.807) is 72.8 Å². The van der Waals surface area contributed by atoms with Crippen LogP contribution in [0, 0.1) is 11.8 Å². The maximum atomic E-state index is 16.9. The number of carboxylic acid groups (broad SMARTS) is 1. The van der Waals surface area contributed by atoms with E-state index in [-0.39, 0.29) is 0 Å². The van der Waals surface area contributed by atoms with Crippen LogP contribution in [0.2, 0.25) is 0 Å². The molecule has 6 rings (SSSR count). The van der Waals surface area contributed by atoms with Gasteiger partial charge >= 0.3 is 11.9 Å². The lowest BCUT2D eigenvalue weighted by atomic mass is 9.52. The highest BCUT2D eigenvalue weighted by Gasteiger charge is 2.61. The molecule has 0 unspecified atom stereocenters. The number of hydrogen-bond donors (Lipinski definition) is 1. The van der Waals surface area contributed by atoms with Crippen LogP contribution in [0.3, 0.4) is 0 Å². The van der Waals surface area contributed by atoms with Crippen LogP contribution in [-0.2, 0) is 20.0 Å². The van der Waals surface area contributed by atoms with Crippen molar-refractivity contribution < 1.29 is 33.3 Å². The molecular formula is C34H29FO6. The van der Waals surface area contributed by atoms with E-state index in [1.807, 2.05) is 24.3 Å². The summed E-state index contributed by atoms with van der Waals surface area (Å²) in [7, 11) is 3.00. The van der Waals surface area contributed by atoms with Crippen LogP contribution < -0.4 is 9.47 Å². The first kappa shape index (κ1) is 26.6. The van der Waals surface area contributed by atoms with Gasteiger partial charge in [-0.2, -0.15) is 0 Å². The van der Waals surface area contributed by atoms with Crippen LogP contribution in [0.25, 0.3) is 11.1 Å². The van der Waals surface area contributed by atoms with Crippen LogP contribution in [0.5, 0.6) is 11.5 Å². The zero-order valence-corrected chi connectivity index (χ0v) is 22.6. The van der Waals surface area contributed by atoms with Crippen molar-refractivity contribution in [3.63, 3.8) is 0 Å². The van der Waals surface area contributed by atoms with Gasteiger partial charge in [-0.25, -0.2) is 4.39 Å². The highest BCUT2D eigenvalue weighted by molar-refractivity contribution is 5.86. The standard InChI is InChI=1S/C34H29FO6/c1-39-26-17-9-5-13-22(26)28-30(32(36)37)29(23-14-6-10-18-27(23)40-2)31(28)33(38)41-19-34(35)24-15-7-3-11-20(24)21-12-4-8-16-25(21)34/h3-18,28-31H,19H2,1-2H3,(H,36,37)/t28-,29-,30?,31?/m0/s1. The van der Waals surface area contributed by atoms with Crippen molar-refractivity contribution >= 4 is 11.9 Å². The zero-order valence-electron chi connectivity index (χ0n) is 22.6. The summed E-state index contributed by atoms with van der Waals surface area (Å²) in [4.78, 5) is 26.7. The Hall–Kier alpha value is -4.65. The van der Waals surface area contributed by atoms with E-state index in [0.29, 0.717) is 33.8 Å². The van der Waals surface area contributed by atoms with Gasteiger partial charge < -0.3 is 19.3 Å². The van der Waals surface area contributed by atoms with E-state index in [2.05, 4.69) is 0 Å². The van der Waals surface area contributed by atoms with Gasteiger partial charge in [0, 0.05) is 23.0 Å². The number of carboxylic acids is 1. The molecule has 0 amide bonds. The molecule has 1 fully saturated rings. The molecule has 4 aromatic rings. The van der Waals surface area contributed by atoms with E-state index >= 15 is 4.39 Å². The number of benzene rings is 4. The van der Waals surface area contributed by atoms with Gasteiger partial charge in [-0.15, -0.1) is 0 Å². The van der Waals surface area contributed by atoms with Crippen LogP contribution >= 0.6 is 0 Å². The number of fused-ring (bicyclic) bond motifs is 3. The number of para-hydroxylation sites is 2. The molecule has 0 aliphatic heterocycles. The largest absolute Gasteiger partial charge is 0.496 e. The van der Waals surface area contributed by atoms with Crippen molar-refractivity contribution in [2.75, 3.05) is 20.8 Å². The molecule has 0 heterocycles. The lowest BCUT2D eigenvalue weighted by molar-refractivity contribution is -0.166. The summed E-state index contributed by atoms with van der Waals surface area (Å²) in [5.74, 6) is -4.18. The summed E-state index contributed by atoms with van der Waals surface area (Å²) in [5.41, 5.74) is 1.52. The number of carbonyl (C=O) groups is 2. The smallest absolute Gasteiger partial charge is 0.310 e. The van der Waals surface area contributed by atoms with E-state index in [9.17, 15) is 14.7 Å². The Morgan fingerprint density at radius 2 is 1.15 bits per heavy atom. The van der Waals surface area contributed by atoms with Gasteiger partial charge in [-0.05, 0) is 34.4 Å². The number of ether oxygens (including phenoxy) is 3. The number of aliphatic carboxylic acids is 1. The van der Waals surface area contributed by atoms with Crippen molar-refractivity contribution in [2.45, 2.75) is 17.5 Å². The van der Waals surface area contributed by atoms with Gasteiger partial charge in [0.15, 0.2) is 5.67 Å². The van der Waals surface area contributed by atoms with Gasteiger partial charge in [0.2, 0.25) is 0 Å². The topological polar surface area (TPSA) is 82.1 Å². The molecule has 0 aromatic heterocycles. The Balaban J connectivity index is 1.40. The average Bonchev–Trinajstić information content (AvgIpc) is 3.24. The minimum absolute atomic E-state index is 0.438. The number of rotatable bonds is 8. The quantitative estimate of drug-likeness (QED) is 0.257. The number of esters is 1. The number of hydrogen-bond acceptors (Lipinski definition) is 5. The van der Waals surface area contributed by atoms with Crippen LogP contribution in [0.4, 0.5) is 4.39 Å². The number of halogens is 1. The summed E-state index contributed by atoms with van der Waals surface area (Å²) in [5, 5.41) is 10.4. The van der Waals surface area contributed by atoms with Crippen LogP contribution in [0.15, 0.2) is 97.1 Å². The van der Waals surface area contributed by atoms with E-state index in [0.717, 1.165) is 11.1 Å². The Bertz CT molecular complexity index is 1530. The summed E-state index contributed by atoms with van der Waals surface area (Å²) in [6.07, 6.45) is 0. The first-order valence-electron chi connectivity index (χ1n) is 13.4. The van der Waals surface area contributed by atoms with Gasteiger partial charge in [0.25, 0.3) is 0 Å². The molecule has 0 radical (unpaired) electrons. The lowest BCUT2D eigenvalue weighted by Crippen LogP contribution is -2.52. The van der Waals surface area contributed by atoms with Gasteiger partial charge in [-0.1, -0.05) is 84.9 Å². The molecular weight excluding hydrogens is 523 g/mol. The molecule has 4 aromatic carbocycles. The molecule has 41 heavy (non-hydrogen) atoms. The van der Waals surface area contributed by atoms with E-state index in [4.69, 9.17) is 14.2 Å². The normalized spacial score (nSPS) is 21.6. The second-order valence-corrected chi connectivity index (χ2v) is 10.4. The predicted molar refractivity (Wildman–Crippen MR) is 151 cm³/mol. The van der Waals surface area contributed by atoms with Crippen LogP contribution in [-0.4, -0.2) is 37.9 Å². The second kappa shape index (κ2) is 10.4. The van der Waals surface area contributed by atoms with Crippen molar-refractivity contribution in [1.29, 1.82) is 0 Å². The molecule has 7 heteroatoms. The molecule has 208 valence electrons. The molecule has 1 N–H and O–H groups in total.